The molecule has 2 aromatic rings. The number of rotatable bonds is 5. The molecule has 120 valence electrons. The van der Waals surface area contributed by atoms with Crippen molar-refractivity contribution in [3.63, 3.8) is 0 Å². The molecule has 7 heteroatoms. The topological polar surface area (TPSA) is 74.8 Å². The van der Waals surface area contributed by atoms with E-state index in [1.807, 2.05) is 32.0 Å². The van der Waals surface area contributed by atoms with Crippen LogP contribution in [0.4, 0.5) is 5.82 Å². The third kappa shape index (κ3) is 6.15. The van der Waals surface area contributed by atoms with Gasteiger partial charge in [-0.1, -0.05) is 29.8 Å². The van der Waals surface area contributed by atoms with Crippen molar-refractivity contribution in [1.29, 1.82) is 0 Å². The third-order valence-corrected chi connectivity index (χ3v) is 3.39. The quantitative estimate of drug-likeness (QED) is 0.734. The summed E-state index contributed by atoms with van der Waals surface area (Å²) >= 11 is 8.32. The van der Waals surface area contributed by atoms with Crippen LogP contribution in [0.1, 0.15) is 39.5 Å². The Labute approximate surface area is 142 Å². The van der Waals surface area contributed by atoms with Crippen LogP contribution in [0.15, 0.2) is 22.7 Å². The second-order valence-corrected chi connectivity index (χ2v) is 6.00. The first-order valence-electron chi connectivity index (χ1n) is 7.09. The minimum Gasteiger partial charge on any atom is -0.309 e. The number of hydrogen-bond acceptors (Lipinski definition) is 3. The molecule has 0 saturated heterocycles. The summed E-state index contributed by atoms with van der Waals surface area (Å²) in [5, 5.41) is 10.4. The van der Waals surface area contributed by atoms with Crippen molar-refractivity contribution in [1.82, 2.24) is 10.2 Å². The van der Waals surface area contributed by atoms with E-state index in [1.54, 1.807) is 0 Å². The number of hydrogen-bond donors (Lipinski definition) is 2. The van der Waals surface area contributed by atoms with Crippen LogP contribution in [0.2, 0.25) is 0 Å². The standard InChI is InChI=1S/C11H12BrN3O.C4H7ClO/c1-2-3-10(16)13-11-8-5-4-7(12)6-9(8)14-15-11;1-2-3-4(5)6/h4-6H,2-3H2,1H3,(H2,13,14,15,16);2-3H2,1H3. The fourth-order valence-corrected chi connectivity index (χ4v) is 2.26. The van der Waals surface area contributed by atoms with Crippen molar-refractivity contribution in [2.75, 3.05) is 5.32 Å². The molecule has 0 saturated carbocycles. The summed E-state index contributed by atoms with van der Waals surface area (Å²) in [6.45, 7) is 3.89. The highest BCUT2D eigenvalue weighted by molar-refractivity contribution is 9.10. The second-order valence-electron chi connectivity index (χ2n) is 4.67. The first-order chi connectivity index (χ1) is 10.5. The minimum atomic E-state index is -0.238. The number of H-pyrrole nitrogens is 1. The van der Waals surface area contributed by atoms with E-state index in [4.69, 9.17) is 11.6 Å². The van der Waals surface area contributed by atoms with Gasteiger partial charge in [0, 0.05) is 22.7 Å². The van der Waals surface area contributed by atoms with E-state index < -0.39 is 0 Å². The zero-order chi connectivity index (χ0) is 16.5. The summed E-state index contributed by atoms with van der Waals surface area (Å²) in [6, 6.07) is 5.77. The van der Waals surface area contributed by atoms with Gasteiger partial charge in [0.2, 0.25) is 11.1 Å². The Morgan fingerprint density at radius 2 is 1.95 bits per heavy atom. The monoisotopic (exact) mass is 387 g/mol. The summed E-state index contributed by atoms with van der Waals surface area (Å²) in [6.07, 6.45) is 2.70. The summed E-state index contributed by atoms with van der Waals surface area (Å²) in [5.74, 6) is 0.597. The van der Waals surface area contributed by atoms with Crippen molar-refractivity contribution < 1.29 is 9.59 Å². The molecule has 0 bridgehead atoms. The van der Waals surface area contributed by atoms with E-state index in [2.05, 4.69) is 31.4 Å². The number of anilines is 1. The van der Waals surface area contributed by atoms with Crippen molar-refractivity contribution >= 4 is 55.4 Å². The number of amides is 1. The van der Waals surface area contributed by atoms with Crippen molar-refractivity contribution in [3.8, 4) is 0 Å². The molecule has 1 heterocycles. The van der Waals surface area contributed by atoms with E-state index in [9.17, 15) is 9.59 Å². The Morgan fingerprint density at radius 3 is 2.50 bits per heavy atom. The zero-order valence-electron chi connectivity index (χ0n) is 12.6. The molecule has 22 heavy (non-hydrogen) atoms. The molecule has 0 unspecified atom stereocenters. The fourth-order valence-electron chi connectivity index (χ4n) is 1.71. The average molecular weight is 389 g/mol. The minimum absolute atomic E-state index is 0.00109. The molecule has 2 N–H and O–H groups in total. The molecule has 0 aliphatic heterocycles. The van der Waals surface area contributed by atoms with Gasteiger partial charge in [0.15, 0.2) is 5.82 Å². The smallest absolute Gasteiger partial charge is 0.225 e. The number of carbonyl (C=O) groups excluding carboxylic acids is 2. The molecule has 5 nitrogen and oxygen atoms in total. The molecule has 0 atom stereocenters. The fraction of sp³-hybridized carbons (Fsp3) is 0.400. The van der Waals surface area contributed by atoms with E-state index in [-0.39, 0.29) is 11.1 Å². The van der Waals surface area contributed by atoms with Crippen molar-refractivity contribution in [3.05, 3.63) is 22.7 Å². The van der Waals surface area contributed by atoms with E-state index in [0.717, 1.165) is 28.2 Å². The number of halogens is 2. The molecule has 0 spiro atoms. The molecular formula is C15H19BrClN3O2. The van der Waals surface area contributed by atoms with E-state index >= 15 is 0 Å². The third-order valence-electron chi connectivity index (χ3n) is 2.71. The molecule has 1 aromatic carbocycles. The highest BCUT2D eigenvalue weighted by Gasteiger charge is 2.08. The summed E-state index contributed by atoms with van der Waals surface area (Å²) < 4.78 is 0.982. The summed E-state index contributed by atoms with van der Waals surface area (Å²) in [7, 11) is 0. The number of nitrogens with one attached hydrogen (secondary N) is 2. The Morgan fingerprint density at radius 1 is 1.27 bits per heavy atom. The maximum absolute atomic E-state index is 11.4. The van der Waals surface area contributed by atoms with Gasteiger partial charge in [-0.05, 0) is 42.6 Å². The number of nitrogens with zero attached hydrogens (tertiary/aromatic N) is 1. The first-order valence-corrected chi connectivity index (χ1v) is 8.26. The summed E-state index contributed by atoms with van der Waals surface area (Å²) in [5.41, 5.74) is 0.904. The Bertz CT molecular complexity index is 643. The van der Waals surface area contributed by atoms with Crippen molar-refractivity contribution in [2.45, 2.75) is 39.5 Å². The maximum atomic E-state index is 11.4. The van der Waals surface area contributed by atoms with Gasteiger partial charge in [0.1, 0.15) is 0 Å². The number of benzene rings is 1. The molecule has 1 amide bonds. The van der Waals surface area contributed by atoms with Gasteiger partial charge >= 0.3 is 0 Å². The lowest BCUT2D eigenvalue weighted by molar-refractivity contribution is -0.116. The normalized spacial score (nSPS) is 10.0. The molecule has 0 aliphatic carbocycles. The Hall–Kier alpha value is -1.40. The van der Waals surface area contributed by atoms with Gasteiger partial charge in [-0.25, -0.2) is 0 Å². The van der Waals surface area contributed by atoms with Crippen LogP contribution >= 0.6 is 27.5 Å². The largest absolute Gasteiger partial charge is 0.309 e. The highest BCUT2D eigenvalue weighted by Crippen LogP contribution is 2.23. The number of aromatic amines is 1. The molecule has 2 rings (SSSR count). The predicted molar refractivity (Wildman–Crippen MR) is 93.1 cm³/mol. The zero-order valence-corrected chi connectivity index (χ0v) is 14.9. The van der Waals surface area contributed by atoms with Crippen LogP contribution in [0.3, 0.4) is 0 Å². The van der Waals surface area contributed by atoms with Gasteiger partial charge in [-0.2, -0.15) is 5.10 Å². The second kappa shape index (κ2) is 9.58. The lowest BCUT2D eigenvalue weighted by Gasteiger charge is -2.00. The molecule has 1 aromatic heterocycles. The van der Waals surface area contributed by atoms with Gasteiger partial charge < -0.3 is 5.32 Å². The van der Waals surface area contributed by atoms with Gasteiger partial charge in [0.25, 0.3) is 0 Å². The highest BCUT2D eigenvalue weighted by atomic mass is 79.9. The summed E-state index contributed by atoms with van der Waals surface area (Å²) in [4.78, 5) is 21.3. The lowest BCUT2D eigenvalue weighted by Crippen LogP contribution is -2.10. The molecule has 0 fully saturated rings. The van der Waals surface area contributed by atoms with Gasteiger partial charge in [-0.3, -0.25) is 14.7 Å². The Kier molecular flexibility index (Phi) is 8.12. The van der Waals surface area contributed by atoms with Crippen LogP contribution in [0, 0.1) is 0 Å². The number of fused-ring (bicyclic) bond motifs is 1. The molecule has 0 radical (unpaired) electrons. The molecule has 0 aliphatic rings. The van der Waals surface area contributed by atoms with Gasteiger partial charge in [-0.15, -0.1) is 0 Å². The lowest BCUT2D eigenvalue weighted by atomic mass is 10.2. The first kappa shape index (κ1) is 18.6. The van der Waals surface area contributed by atoms with Crippen LogP contribution in [-0.2, 0) is 9.59 Å². The van der Waals surface area contributed by atoms with Crippen LogP contribution in [0.25, 0.3) is 10.9 Å². The average Bonchev–Trinajstić information content (AvgIpc) is 2.81. The SMILES string of the molecule is CCCC(=O)Cl.CCCC(=O)Nc1n[nH]c2cc(Br)ccc12. The predicted octanol–water partition coefficient (Wildman–Crippen LogP) is 4.62. The van der Waals surface area contributed by atoms with Crippen LogP contribution < -0.4 is 5.32 Å². The Balaban J connectivity index is 0.000000346. The van der Waals surface area contributed by atoms with Crippen LogP contribution in [-0.4, -0.2) is 21.3 Å². The van der Waals surface area contributed by atoms with Crippen molar-refractivity contribution in [2.24, 2.45) is 0 Å². The van der Waals surface area contributed by atoms with E-state index in [1.165, 1.54) is 0 Å². The van der Waals surface area contributed by atoms with Crippen LogP contribution in [0.5, 0.6) is 0 Å². The number of carbonyl (C=O) groups is 2. The van der Waals surface area contributed by atoms with E-state index in [0.29, 0.717) is 18.7 Å². The maximum Gasteiger partial charge on any atom is 0.225 e. The number of aromatic nitrogens is 2. The van der Waals surface area contributed by atoms with Gasteiger partial charge in [0.05, 0.1) is 5.52 Å². The molecular weight excluding hydrogens is 370 g/mol.